The standard InChI is InChI=1S/C24H19ClN2O2/c25-20-13-11-17(12-14-20)22-15-21(27-29-22)16-26-24(28)23(18-7-3-1-4-8-18)19-9-5-2-6-10-19/h1-15,23H,16H2,(H,26,28). The zero-order chi connectivity index (χ0) is 20.1. The molecule has 1 aromatic heterocycles. The van der Waals surface area contributed by atoms with Gasteiger partial charge in [-0.3, -0.25) is 4.79 Å². The van der Waals surface area contributed by atoms with Crippen molar-refractivity contribution in [1.82, 2.24) is 10.5 Å². The molecule has 4 rings (SSSR count). The fourth-order valence-corrected chi connectivity index (χ4v) is 3.34. The van der Waals surface area contributed by atoms with Gasteiger partial charge in [0.2, 0.25) is 5.91 Å². The van der Waals surface area contributed by atoms with Gasteiger partial charge in [0.25, 0.3) is 0 Å². The van der Waals surface area contributed by atoms with Crippen LogP contribution in [0.2, 0.25) is 5.02 Å². The van der Waals surface area contributed by atoms with Gasteiger partial charge in [-0.25, -0.2) is 0 Å². The molecule has 0 unspecified atom stereocenters. The van der Waals surface area contributed by atoms with Gasteiger partial charge in [0.05, 0.1) is 12.5 Å². The molecule has 1 heterocycles. The highest BCUT2D eigenvalue weighted by Gasteiger charge is 2.22. The largest absolute Gasteiger partial charge is 0.356 e. The molecular weight excluding hydrogens is 384 g/mol. The van der Waals surface area contributed by atoms with Gasteiger partial charge in [0.15, 0.2) is 5.76 Å². The Morgan fingerprint density at radius 2 is 1.48 bits per heavy atom. The summed E-state index contributed by atoms with van der Waals surface area (Å²) in [6.45, 7) is 0.284. The number of nitrogens with zero attached hydrogens (tertiary/aromatic N) is 1. The Hall–Kier alpha value is -3.37. The molecule has 144 valence electrons. The summed E-state index contributed by atoms with van der Waals surface area (Å²) in [5, 5.41) is 7.72. The van der Waals surface area contributed by atoms with E-state index in [4.69, 9.17) is 16.1 Å². The molecule has 0 fully saturated rings. The van der Waals surface area contributed by atoms with Crippen molar-refractivity contribution in [2.75, 3.05) is 0 Å². The zero-order valence-electron chi connectivity index (χ0n) is 15.6. The van der Waals surface area contributed by atoms with Gasteiger partial charge in [-0.2, -0.15) is 0 Å². The Bertz CT molecular complexity index is 1040. The summed E-state index contributed by atoms with van der Waals surface area (Å²) >= 11 is 5.93. The first kappa shape index (κ1) is 19.0. The number of carbonyl (C=O) groups excluding carboxylic acids is 1. The fraction of sp³-hybridized carbons (Fsp3) is 0.0833. The van der Waals surface area contributed by atoms with Gasteiger partial charge in [0.1, 0.15) is 5.69 Å². The van der Waals surface area contributed by atoms with E-state index in [0.29, 0.717) is 16.5 Å². The normalized spacial score (nSPS) is 10.8. The van der Waals surface area contributed by atoms with Crippen molar-refractivity contribution < 1.29 is 9.32 Å². The Balaban J connectivity index is 1.49. The average molecular weight is 403 g/mol. The summed E-state index contributed by atoms with van der Waals surface area (Å²) in [6, 6.07) is 28.6. The van der Waals surface area contributed by atoms with Crippen LogP contribution in [-0.2, 0) is 11.3 Å². The third-order valence-corrected chi connectivity index (χ3v) is 4.91. The Labute approximate surface area is 174 Å². The van der Waals surface area contributed by atoms with Crippen LogP contribution in [0, 0.1) is 0 Å². The lowest BCUT2D eigenvalue weighted by molar-refractivity contribution is -0.121. The van der Waals surface area contributed by atoms with E-state index in [1.807, 2.05) is 78.9 Å². The van der Waals surface area contributed by atoms with Crippen LogP contribution in [0.25, 0.3) is 11.3 Å². The maximum atomic E-state index is 13.0. The topological polar surface area (TPSA) is 55.1 Å². The predicted molar refractivity (Wildman–Crippen MR) is 114 cm³/mol. The molecule has 0 saturated heterocycles. The highest BCUT2D eigenvalue weighted by atomic mass is 35.5. The summed E-state index contributed by atoms with van der Waals surface area (Å²) < 4.78 is 5.41. The van der Waals surface area contributed by atoms with Gasteiger partial charge >= 0.3 is 0 Å². The molecule has 0 bridgehead atoms. The molecule has 1 amide bonds. The maximum Gasteiger partial charge on any atom is 0.232 e. The predicted octanol–water partition coefficient (Wildman–Crippen LogP) is 5.44. The van der Waals surface area contributed by atoms with E-state index in [2.05, 4.69) is 10.5 Å². The Morgan fingerprint density at radius 1 is 0.897 bits per heavy atom. The van der Waals surface area contributed by atoms with Crippen molar-refractivity contribution in [2.24, 2.45) is 0 Å². The third-order valence-electron chi connectivity index (χ3n) is 4.66. The number of rotatable bonds is 6. The third kappa shape index (κ3) is 4.55. The summed E-state index contributed by atoms with van der Waals surface area (Å²) in [6.07, 6.45) is 0. The number of carbonyl (C=O) groups is 1. The van der Waals surface area contributed by atoms with E-state index in [1.54, 1.807) is 12.1 Å². The highest BCUT2D eigenvalue weighted by molar-refractivity contribution is 6.30. The summed E-state index contributed by atoms with van der Waals surface area (Å²) in [5.41, 5.74) is 3.42. The monoisotopic (exact) mass is 402 g/mol. The highest BCUT2D eigenvalue weighted by Crippen LogP contribution is 2.25. The molecule has 0 aliphatic heterocycles. The first-order chi connectivity index (χ1) is 14.2. The van der Waals surface area contributed by atoms with Crippen molar-refractivity contribution in [1.29, 1.82) is 0 Å². The van der Waals surface area contributed by atoms with Crippen LogP contribution in [0.1, 0.15) is 22.7 Å². The minimum atomic E-state index is -0.389. The van der Waals surface area contributed by atoms with Crippen molar-refractivity contribution in [2.45, 2.75) is 12.5 Å². The number of hydrogen-bond acceptors (Lipinski definition) is 3. The van der Waals surface area contributed by atoms with Crippen LogP contribution in [0.4, 0.5) is 0 Å². The SMILES string of the molecule is O=C(NCc1cc(-c2ccc(Cl)cc2)on1)C(c1ccccc1)c1ccccc1. The maximum absolute atomic E-state index is 13.0. The minimum Gasteiger partial charge on any atom is -0.356 e. The molecule has 4 nitrogen and oxygen atoms in total. The molecule has 4 aromatic rings. The molecule has 1 N–H and O–H groups in total. The molecule has 0 atom stereocenters. The summed E-state index contributed by atoms with van der Waals surface area (Å²) in [5.74, 6) is 0.159. The van der Waals surface area contributed by atoms with Crippen molar-refractivity contribution in [3.63, 3.8) is 0 Å². The van der Waals surface area contributed by atoms with Crippen LogP contribution in [0.3, 0.4) is 0 Å². The number of aromatic nitrogens is 1. The molecule has 0 spiro atoms. The smallest absolute Gasteiger partial charge is 0.232 e. The lowest BCUT2D eigenvalue weighted by Crippen LogP contribution is -2.29. The number of nitrogens with one attached hydrogen (secondary N) is 1. The van der Waals surface area contributed by atoms with Gasteiger partial charge in [-0.15, -0.1) is 0 Å². The van der Waals surface area contributed by atoms with Gasteiger partial charge in [-0.1, -0.05) is 77.4 Å². The molecule has 5 heteroatoms. The first-order valence-electron chi connectivity index (χ1n) is 9.30. The zero-order valence-corrected chi connectivity index (χ0v) is 16.3. The van der Waals surface area contributed by atoms with Crippen molar-refractivity contribution in [3.05, 3.63) is 113 Å². The number of halogens is 1. The van der Waals surface area contributed by atoms with Crippen LogP contribution in [0.15, 0.2) is 95.5 Å². The van der Waals surface area contributed by atoms with Crippen LogP contribution < -0.4 is 5.32 Å². The lowest BCUT2D eigenvalue weighted by Gasteiger charge is -2.17. The molecule has 0 saturated carbocycles. The molecule has 0 radical (unpaired) electrons. The van der Waals surface area contributed by atoms with E-state index in [-0.39, 0.29) is 18.4 Å². The van der Waals surface area contributed by atoms with Crippen molar-refractivity contribution >= 4 is 17.5 Å². The number of hydrogen-bond donors (Lipinski definition) is 1. The van der Waals surface area contributed by atoms with Gasteiger partial charge in [-0.05, 0) is 35.4 Å². The second-order valence-electron chi connectivity index (χ2n) is 6.66. The van der Waals surface area contributed by atoms with Crippen molar-refractivity contribution in [3.8, 4) is 11.3 Å². The van der Waals surface area contributed by atoms with E-state index < -0.39 is 0 Å². The fourth-order valence-electron chi connectivity index (χ4n) is 3.21. The van der Waals surface area contributed by atoms with E-state index >= 15 is 0 Å². The minimum absolute atomic E-state index is 0.0848. The molecule has 0 aliphatic carbocycles. The average Bonchev–Trinajstić information content (AvgIpc) is 3.24. The van der Waals surface area contributed by atoms with Gasteiger partial charge < -0.3 is 9.84 Å². The first-order valence-corrected chi connectivity index (χ1v) is 9.67. The second-order valence-corrected chi connectivity index (χ2v) is 7.10. The number of amides is 1. The molecule has 0 aliphatic rings. The van der Waals surface area contributed by atoms with Crippen LogP contribution in [-0.4, -0.2) is 11.1 Å². The number of benzene rings is 3. The van der Waals surface area contributed by atoms with Crippen LogP contribution >= 0.6 is 11.6 Å². The quantitative estimate of drug-likeness (QED) is 0.467. The second kappa shape index (κ2) is 8.76. The molecule has 29 heavy (non-hydrogen) atoms. The Kier molecular flexibility index (Phi) is 5.73. The van der Waals surface area contributed by atoms with E-state index in [9.17, 15) is 4.79 Å². The van der Waals surface area contributed by atoms with Gasteiger partial charge in [0, 0.05) is 16.7 Å². The van der Waals surface area contributed by atoms with Crippen LogP contribution in [0.5, 0.6) is 0 Å². The summed E-state index contributed by atoms with van der Waals surface area (Å²) in [4.78, 5) is 13.0. The molecular formula is C24H19ClN2O2. The Morgan fingerprint density at radius 3 is 2.07 bits per heavy atom. The summed E-state index contributed by atoms with van der Waals surface area (Å²) in [7, 11) is 0. The van der Waals surface area contributed by atoms with E-state index in [1.165, 1.54) is 0 Å². The lowest BCUT2D eigenvalue weighted by atomic mass is 9.90. The van der Waals surface area contributed by atoms with E-state index in [0.717, 1.165) is 16.7 Å². The molecule has 3 aromatic carbocycles.